The average molecular weight is 313 g/mol. The van der Waals surface area contributed by atoms with Gasteiger partial charge in [0.1, 0.15) is 5.54 Å². The van der Waals surface area contributed by atoms with Crippen molar-refractivity contribution in [3.05, 3.63) is 24.3 Å². The Balaban J connectivity index is 2.41. The van der Waals surface area contributed by atoms with Gasteiger partial charge in [-0.3, -0.25) is 0 Å². The van der Waals surface area contributed by atoms with E-state index in [4.69, 9.17) is 4.74 Å². The molecule has 116 valence electrons. The van der Waals surface area contributed by atoms with Gasteiger partial charge in [0, 0.05) is 26.1 Å². The zero-order chi connectivity index (χ0) is 15.5. The van der Waals surface area contributed by atoms with Crippen LogP contribution in [0.4, 0.5) is 5.69 Å². The van der Waals surface area contributed by atoms with E-state index in [1.807, 2.05) is 0 Å². The first-order chi connectivity index (χ1) is 9.91. The molecule has 0 aliphatic carbocycles. The number of aliphatic carboxylic acids is 1. The van der Waals surface area contributed by atoms with Gasteiger partial charge in [0.25, 0.3) is 0 Å². The van der Waals surface area contributed by atoms with Crippen molar-refractivity contribution in [2.75, 3.05) is 24.3 Å². The molecule has 2 rings (SSSR count). The summed E-state index contributed by atoms with van der Waals surface area (Å²) < 4.78 is 29.5. The second-order valence-electron chi connectivity index (χ2n) is 5.02. The van der Waals surface area contributed by atoms with E-state index in [9.17, 15) is 18.3 Å². The first-order valence-corrected chi connectivity index (χ1v) is 8.48. The van der Waals surface area contributed by atoms with Crippen molar-refractivity contribution in [2.24, 2.45) is 0 Å². The Labute approximate surface area is 124 Å². The molecule has 1 heterocycles. The number of benzene rings is 1. The highest BCUT2D eigenvalue weighted by molar-refractivity contribution is 7.91. The summed E-state index contributed by atoms with van der Waals surface area (Å²) in [4.78, 5) is 11.8. The van der Waals surface area contributed by atoms with Gasteiger partial charge in [0.05, 0.1) is 16.3 Å². The number of para-hydroxylation sites is 1. The van der Waals surface area contributed by atoms with Crippen LogP contribution in [0.3, 0.4) is 0 Å². The van der Waals surface area contributed by atoms with Crippen molar-refractivity contribution in [1.82, 2.24) is 0 Å². The first-order valence-electron chi connectivity index (χ1n) is 6.82. The number of carboxylic acid groups (broad SMARTS) is 1. The molecule has 7 heteroatoms. The third-order valence-corrected chi connectivity index (χ3v) is 5.52. The molecular weight excluding hydrogens is 294 g/mol. The largest absolute Gasteiger partial charge is 0.480 e. The molecule has 0 amide bonds. The van der Waals surface area contributed by atoms with Crippen LogP contribution in [0.15, 0.2) is 29.2 Å². The maximum atomic E-state index is 12.1. The summed E-state index contributed by atoms with van der Waals surface area (Å²) in [7, 11) is -3.42. The van der Waals surface area contributed by atoms with Crippen LogP contribution in [-0.4, -0.2) is 44.0 Å². The van der Waals surface area contributed by atoms with E-state index in [0.29, 0.717) is 31.7 Å². The van der Waals surface area contributed by atoms with Crippen molar-refractivity contribution in [3.63, 3.8) is 0 Å². The summed E-state index contributed by atoms with van der Waals surface area (Å²) in [6.07, 6.45) is 0.589. The first kappa shape index (κ1) is 15.8. The second-order valence-corrected chi connectivity index (χ2v) is 7.27. The number of sulfone groups is 1. The SMILES string of the molecule is CCS(=O)(=O)c1ccccc1NC1(C(=O)O)CCOCC1. The molecule has 1 fully saturated rings. The molecule has 2 N–H and O–H groups in total. The molecule has 0 bridgehead atoms. The van der Waals surface area contributed by atoms with Crippen molar-refractivity contribution < 1.29 is 23.1 Å². The molecule has 0 aromatic heterocycles. The molecule has 1 aliphatic heterocycles. The monoisotopic (exact) mass is 313 g/mol. The topological polar surface area (TPSA) is 92.7 Å². The molecule has 0 spiro atoms. The molecular formula is C14H19NO5S. The lowest BCUT2D eigenvalue weighted by Gasteiger charge is -2.35. The summed E-state index contributed by atoms with van der Waals surface area (Å²) in [5, 5.41) is 12.5. The minimum absolute atomic E-state index is 0.0329. The predicted octanol–water partition coefficient (Wildman–Crippen LogP) is 1.53. The van der Waals surface area contributed by atoms with E-state index in [-0.39, 0.29) is 10.6 Å². The molecule has 1 aromatic rings. The molecule has 6 nitrogen and oxygen atoms in total. The van der Waals surface area contributed by atoms with Crippen molar-refractivity contribution in [2.45, 2.75) is 30.2 Å². The van der Waals surface area contributed by atoms with Crippen LogP contribution >= 0.6 is 0 Å². The van der Waals surface area contributed by atoms with Crippen LogP contribution in [0.25, 0.3) is 0 Å². The summed E-state index contributed by atoms with van der Waals surface area (Å²) in [5.74, 6) is -1.02. The number of ether oxygens (including phenoxy) is 1. The molecule has 1 aromatic carbocycles. The number of rotatable bonds is 5. The quantitative estimate of drug-likeness (QED) is 0.856. The van der Waals surface area contributed by atoms with Crippen LogP contribution < -0.4 is 5.32 Å². The average Bonchev–Trinajstić information content (AvgIpc) is 2.48. The van der Waals surface area contributed by atoms with Gasteiger partial charge in [-0.05, 0) is 12.1 Å². The highest BCUT2D eigenvalue weighted by atomic mass is 32.2. The number of anilines is 1. The van der Waals surface area contributed by atoms with Crippen LogP contribution in [0, 0.1) is 0 Å². The number of hydrogen-bond acceptors (Lipinski definition) is 5. The zero-order valence-electron chi connectivity index (χ0n) is 11.8. The molecule has 21 heavy (non-hydrogen) atoms. The Morgan fingerprint density at radius 1 is 1.33 bits per heavy atom. The van der Waals surface area contributed by atoms with Gasteiger partial charge in [-0.25, -0.2) is 13.2 Å². The lowest BCUT2D eigenvalue weighted by atomic mass is 9.90. The number of nitrogens with one attached hydrogen (secondary N) is 1. The zero-order valence-corrected chi connectivity index (χ0v) is 12.6. The lowest BCUT2D eigenvalue weighted by molar-refractivity contribution is -0.145. The van der Waals surface area contributed by atoms with Gasteiger partial charge < -0.3 is 15.2 Å². The van der Waals surface area contributed by atoms with Crippen LogP contribution in [0.2, 0.25) is 0 Å². The molecule has 0 saturated carbocycles. The fraction of sp³-hybridized carbons (Fsp3) is 0.500. The van der Waals surface area contributed by atoms with Crippen molar-refractivity contribution in [3.8, 4) is 0 Å². The van der Waals surface area contributed by atoms with E-state index < -0.39 is 21.3 Å². The Morgan fingerprint density at radius 2 is 1.95 bits per heavy atom. The number of carboxylic acids is 1. The molecule has 0 atom stereocenters. The highest BCUT2D eigenvalue weighted by Crippen LogP contribution is 2.30. The standard InChI is InChI=1S/C14H19NO5S/c1-2-21(18,19)12-6-4-3-5-11(12)15-14(13(16)17)7-9-20-10-8-14/h3-6,15H,2,7-10H2,1H3,(H,16,17). The lowest BCUT2D eigenvalue weighted by Crippen LogP contribution is -2.50. The summed E-state index contributed by atoms with van der Waals surface area (Å²) in [5.41, 5.74) is -0.846. The maximum Gasteiger partial charge on any atom is 0.329 e. The Morgan fingerprint density at radius 3 is 2.52 bits per heavy atom. The summed E-state index contributed by atoms with van der Waals surface area (Å²) >= 11 is 0. The molecule has 1 aliphatic rings. The molecule has 1 saturated heterocycles. The minimum atomic E-state index is -3.42. The van der Waals surface area contributed by atoms with Gasteiger partial charge in [0.2, 0.25) is 0 Å². The van der Waals surface area contributed by atoms with E-state index in [0.717, 1.165) is 0 Å². The Kier molecular flexibility index (Phi) is 4.53. The number of hydrogen-bond donors (Lipinski definition) is 2. The van der Waals surface area contributed by atoms with Crippen molar-refractivity contribution in [1.29, 1.82) is 0 Å². The van der Waals surface area contributed by atoms with E-state index >= 15 is 0 Å². The van der Waals surface area contributed by atoms with Crippen LogP contribution in [-0.2, 0) is 19.4 Å². The van der Waals surface area contributed by atoms with Crippen LogP contribution in [0.5, 0.6) is 0 Å². The van der Waals surface area contributed by atoms with Crippen LogP contribution in [0.1, 0.15) is 19.8 Å². The van der Waals surface area contributed by atoms with E-state index in [2.05, 4.69) is 5.32 Å². The fourth-order valence-corrected chi connectivity index (χ4v) is 3.42. The highest BCUT2D eigenvalue weighted by Gasteiger charge is 2.41. The number of carbonyl (C=O) groups is 1. The predicted molar refractivity (Wildman–Crippen MR) is 78.2 cm³/mol. The van der Waals surface area contributed by atoms with Crippen molar-refractivity contribution >= 4 is 21.5 Å². The van der Waals surface area contributed by atoms with Gasteiger partial charge in [-0.15, -0.1) is 0 Å². The molecule has 0 unspecified atom stereocenters. The van der Waals surface area contributed by atoms with Gasteiger partial charge in [-0.2, -0.15) is 0 Å². The van der Waals surface area contributed by atoms with E-state index in [1.165, 1.54) is 6.07 Å². The third kappa shape index (κ3) is 3.19. The summed E-state index contributed by atoms with van der Waals surface area (Å²) in [6, 6.07) is 6.41. The fourth-order valence-electron chi connectivity index (χ4n) is 2.37. The van der Waals surface area contributed by atoms with Gasteiger partial charge in [-0.1, -0.05) is 19.1 Å². The third-order valence-electron chi connectivity index (χ3n) is 3.73. The minimum Gasteiger partial charge on any atom is -0.480 e. The Hall–Kier alpha value is -1.60. The van der Waals surface area contributed by atoms with Gasteiger partial charge in [0.15, 0.2) is 9.84 Å². The summed E-state index contributed by atoms with van der Waals surface area (Å²) in [6.45, 7) is 2.23. The normalized spacial score (nSPS) is 18.1. The van der Waals surface area contributed by atoms with E-state index in [1.54, 1.807) is 25.1 Å². The maximum absolute atomic E-state index is 12.1. The smallest absolute Gasteiger partial charge is 0.329 e. The second kappa shape index (κ2) is 6.03. The van der Waals surface area contributed by atoms with Gasteiger partial charge >= 0.3 is 5.97 Å². The Bertz CT molecular complexity index is 620. The molecule has 0 radical (unpaired) electrons.